The highest BCUT2D eigenvalue weighted by Crippen LogP contribution is 2.24. The summed E-state index contributed by atoms with van der Waals surface area (Å²) in [4.78, 5) is 31.4. The lowest BCUT2D eigenvalue weighted by Gasteiger charge is -2.21. The molecule has 0 radical (unpaired) electrons. The number of carbonyl (C=O) groups excluding carboxylic acids is 2. The molecule has 4 aromatic rings. The normalized spacial score (nSPS) is 10.7. The highest BCUT2D eigenvalue weighted by molar-refractivity contribution is 7.13. The SMILES string of the molecule is CCN(C(=O)Cc1ccc(NC(=O)Cc2csc(-c3ccco3)n2)cc1)c1ccccc1. The van der Waals surface area contributed by atoms with E-state index in [9.17, 15) is 9.59 Å². The number of furan rings is 1. The van der Waals surface area contributed by atoms with Gasteiger partial charge >= 0.3 is 0 Å². The molecular formula is C25H23N3O3S. The third kappa shape index (κ3) is 5.31. The van der Waals surface area contributed by atoms with Crippen LogP contribution >= 0.6 is 11.3 Å². The van der Waals surface area contributed by atoms with Crippen molar-refractivity contribution in [3.63, 3.8) is 0 Å². The van der Waals surface area contributed by atoms with E-state index in [0.717, 1.165) is 16.3 Å². The molecule has 0 aliphatic rings. The third-order valence-corrected chi connectivity index (χ3v) is 5.81. The molecule has 2 heterocycles. The van der Waals surface area contributed by atoms with Crippen LogP contribution in [0.1, 0.15) is 18.2 Å². The van der Waals surface area contributed by atoms with Gasteiger partial charge in [-0.1, -0.05) is 30.3 Å². The highest BCUT2D eigenvalue weighted by atomic mass is 32.1. The van der Waals surface area contributed by atoms with Crippen molar-refractivity contribution < 1.29 is 14.0 Å². The van der Waals surface area contributed by atoms with E-state index < -0.39 is 0 Å². The van der Waals surface area contributed by atoms with Gasteiger partial charge in [-0.15, -0.1) is 11.3 Å². The van der Waals surface area contributed by atoms with Crippen molar-refractivity contribution in [3.05, 3.63) is 89.6 Å². The minimum Gasteiger partial charge on any atom is -0.462 e. The van der Waals surface area contributed by atoms with Gasteiger partial charge in [0.25, 0.3) is 0 Å². The van der Waals surface area contributed by atoms with E-state index in [1.54, 1.807) is 11.2 Å². The molecule has 0 atom stereocenters. The van der Waals surface area contributed by atoms with E-state index in [1.165, 1.54) is 11.3 Å². The molecule has 0 saturated carbocycles. The van der Waals surface area contributed by atoms with Gasteiger partial charge in [0.05, 0.1) is 24.8 Å². The number of hydrogen-bond acceptors (Lipinski definition) is 5. The van der Waals surface area contributed by atoms with Crippen LogP contribution in [0.5, 0.6) is 0 Å². The standard InChI is InChI=1S/C25H23N3O3S/c1-2-28(21-7-4-3-5-8-21)24(30)15-18-10-12-19(13-11-18)26-23(29)16-20-17-32-25(27-20)22-9-6-14-31-22/h3-14,17H,2,15-16H2,1H3,(H,26,29). The number of hydrogen-bond donors (Lipinski definition) is 1. The van der Waals surface area contributed by atoms with E-state index in [0.29, 0.717) is 30.1 Å². The molecule has 0 aliphatic carbocycles. The van der Waals surface area contributed by atoms with Crippen LogP contribution in [-0.4, -0.2) is 23.3 Å². The quantitative estimate of drug-likeness (QED) is 0.405. The van der Waals surface area contributed by atoms with Gasteiger partial charge in [0.15, 0.2) is 10.8 Å². The number of nitrogens with one attached hydrogen (secondary N) is 1. The predicted octanol–water partition coefficient (Wildman–Crippen LogP) is 5.18. The van der Waals surface area contributed by atoms with Gasteiger partial charge in [-0.2, -0.15) is 0 Å². The summed E-state index contributed by atoms with van der Waals surface area (Å²) in [5.74, 6) is 0.582. The Hall–Kier alpha value is -3.71. The van der Waals surface area contributed by atoms with Crippen LogP contribution in [0.2, 0.25) is 0 Å². The summed E-state index contributed by atoms with van der Waals surface area (Å²) in [7, 11) is 0. The molecule has 6 nitrogen and oxygen atoms in total. The Morgan fingerprint density at radius 3 is 2.47 bits per heavy atom. The van der Waals surface area contributed by atoms with Crippen molar-refractivity contribution in [2.24, 2.45) is 0 Å². The molecule has 162 valence electrons. The van der Waals surface area contributed by atoms with Crippen molar-refractivity contribution in [2.75, 3.05) is 16.8 Å². The second kappa shape index (κ2) is 10.1. The summed E-state index contributed by atoms with van der Waals surface area (Å²) in [5, 5.41) is 5.49. The Morgan fingerprint density at radius 2 is 1.78 bits per heavy atom. The first-order valence-corrected chi connectivity index (χ1v) is 11.2. The maximum Gasteiger partial charge on any atom is 0.231 e. The Bertz CT molecular complexity index is 1170. The van der Waals surface area contributed by atoms with Crippen LogP contribution in [0, 0.1) is 0 Å². The molecular weight excluding hydrogens is 422 g/mol. The summed E-state index contributed by atoms with van der Waals surface area (Å²) >= 11 is 1.44. The van der Waals surface area contributed by atoms with Crippen LogP contribution in [0.4, 0.5) is 11.4 Å². The van der Waals surface area contributed by atoms with Crippen molar-refractivity contribution in [1.82, 2.24) is 4.98 Å². The molecule has 1 N–H and O–H groups in total. The number of likely N-dealkylation sites (N-methyl/N-ethyl adjacent to an activating group) is 1. The Kier molecular flexibility index (Phi) is 6.77. The molecule has 2 aromatic carbocycles. The molecule has 2 aromatic heterocycles. The Balaban J connectivity index is 1.32. The lowest BCUT2D eigenvalue weighted by Crippen LogP contribution is -2.31. The molecule has 4 rings (SSSR count). The number of rotatable bonds is 8. The average molecular weight is 446 g/mol. The second-order valence-electron chi connectivity index (χ2n) is 7.19. The molecule has 2 amide bonds. The fraction of sp³-hybridized carbons (Fsp3) is 0.160. The van der Waals surface area contributed by atoms with E-state index >= 15 is 0 Å². The fourth-order valence-electron chi connectivity index (χ4n) is 3.36. The molecule has 0 fully saturated rings. The second-order valence-corrected chi connectivity index (χ2v) is 8.05. The number of carbonyl (C=O) groups is 2. The van der Waals surface area contributed by atoms with Gasteiger partial charge in [0.1, 0.15) is 0 Å². The van der Waals surface area contributed by atoms with E-state index in [1.807, 2.05) is 79.0 Å². The van der Waals surface area contributed by atoms with E-state index in [2.05, 4.69) is 10.3 Å². The summed E-state index contributed by atoms with van der Waals surface area (Å²) in [6.07, 6.45) is 2.08. The van der Waals surface area contributed by atoms with Crippen molar-refractivity contribution >= 4 is 34.5 Å². The average Bonchev–Trinajstić information content (AvgIpc) is 3.48. The Morgan fingerprint density at radius 1 is 1.00 bits per heavy atom. The minimum atomic E-state index is -0.147. The molecule has 0 spiro atoms. The summed E-state index contributed by atoms with van der Waals surface area (Å²) < 4.78 is 5.34. The molecule has 32 heavy (non-hydrogen) atoms. The van der Waals surface area contributed by atoms with E-state index in [4.69, 9.17) is 4.42 Å². The largest absolute Gasteiger partial charge is 0.462 e. The maximum atomic E-state index is 12.7. The van der Waals surface area contributed by atoms with Crippen LogP contribution < -0.4 is 10.2 Å². The van der Waals surface area contributed by atoms with Crippen molar-refractivity contribution in [1.29, 1.82) is 0 Å². The number of nitrogens with zero attached hydrogens (tertiary/aromatic N) is 2. The molecule has 0 aliphatic heterocycles. The zero-order valence-electron chi connectivity index (χ0n) is 17.7. The maximum absolute atomic E-state index is 12.7. The third-order valence-electron chi connectivity index (χ3n) is 4.90. The first-order chi connectivity index (χ1) is 15.6. The minimum absolute atomic E-state index is 0.0337. The van der Waals surface area contributed by atoms with Crippen molar-refractivity contribution in [2.45, 2.75) is 19.8 Å². The van der Waals surface area contributed by atoms with Gasteiger partial charge in [-0.25, -0.2) is 4.98 Å². The summed E-state index contributed by atoms with van der Waals surface area (Å²) in [6, 6.07) is 20.6. The number of aromatic nitrogens is 1. The zero-order valence-corrected chi connectivity index (χ0v) is 18.5. The number of para-hydroxylation sites is 1. The monoisotopic (exact) mass is 445 g/mol. The lowest BCUT2D eigenvalue weighted by atomic mass is 10.1. The number of amides is 2. The first kappa shape index (κ1) is 21.5. The molecule has 0 unspecified atom stereocenters. The van der Waals surface area contributed by atoms with Crippen LogP contribution in [0.15, 0.2) is 82.8 Å². The van der Waals surface area contributed by atoms with Gasteiger partial charge in [0.2, 0.25) is 11.8 Å². The number of anilines is 2. The summed E-state index contributed by atoms with van der Waals surface area (Å²) in [6.45, 7) is 2.57. The molecule has 0 bridgehead atoms. The van der Waals surface area contributed by atoms with Gasteiger partial charge in [-0.3, -0.25) is 9.59 Å². The molecule has 0 saturated heterocycles. The highest BCUT2D eigenvalue weighted by Gasteiger charge is 2.15. The number of benzene rings is 2. The summed E-state index contributed by atoms with van der Waals surface area (Å²) in [5.41, 5.74) is 3.16. The van der Waals surface area contributed by atoms with E-state index in [-0.39, 0.29) is 18.2 Å². The van der Waals surface area contributed by atoms with Gasteiger partial charge in [-0.05, 0) is 48.9 Å². The lowest BCUT2D eigenvalue weighted by molar-refractivity contribution is -0.118. The topological polar surface area (TPSA) is 75.4 Å². The van der Waals surface area contributed by atoms with Crippen LogP contribution in [0.3, 0.4) is 0 Å². The molecule has 7 heteroatoms. The van der Waals surface area contributed by atoms with Crippen molar-refractivity contribution in [3.8, 4) is 10.8 Å². The first-order valence-electron chi connectivity index (χ1n) is 10.3. The number of thiazole rings is 1. The van der Waals surface area contributed by atoms with Gasteiger partial charge in [0, 0.05) is 23.3 Å². The Labute approximate surface area is 190 Å². The van der Waals surface area contributed by atoms with Gasteiger partial charge < -0.3 is 14.6 Å². The zero-order chi connectivity index (χ0) is 22.3. The smallest absolute Gasteiger partial charge is 0.231 e. The van der Waals surface area contributed by atoms with Crippen LogP contribution in [-0.2, 0) is 22.4 Å². The van der Waals surface area contributed by atoms with Crippen LogP contribution in [0.25, 0.3) is 10.8 Å². The predicted molar refractivity (Wildman–Crippen MR) is 127 cm³/mol. The fourth-order valence-corrected chi connectivity index (χ4v) is 4.14.